The van der Waals surface area contributed by atoms with Crippen LogP contribution in [0.4, 0.5) is 4.39 Å². The van der Waals surface area contributed by atoms with E-state index < -0.39 is 5.97 Å². The summed E-state index contributed by atoms with van der Waals surface area (Å²) in [6.07, 6.45) is 2.29. The van der Waals surface area contributed by atoms with Crippen LogP contribution < -0.4 is 0 Å². The highest BCUT2D eigenvalue weighted by Crippen LogP contribution is 2.26. The fourth-order valence-electron chi connectivity index (χ4n) is 2.31. The predicted octanol–water partition coefficient (Wildman–Crippen LogP) is 5.19. The van der Waals surface area contributed by atoms with Gasteiger partial charge in [0, 0.05) is 10.6 Å². The Balaban J connectivity index is 2.01. The monoisotopic (exact) mass is 320 g/mol. The summed E-state index contributed by atoms with van der Waals surface area (Å²) >= 11 is 5.91. The van der Waals surface area contributed by atoms with Crippen LogP contribution in [0.5, 0.6) is 0 Å². The molecule has 2 aromatic carbocycles. The third kappa shape index (κ3) is 4.31. The number of aryl methyl sites for hydroxylation is 1. The first kappa shape index (κ1) is 16.5. The van der Waals surface area contributed by atoms with Gasteiger partial charge in [-0.15, -0.1) is 0 Å². The summed E-state index contributed by atoms with van der Waals surface area (Å²) in [5.41, 5.74) is 2.38. The minimum absolute atomic E-state index is 0.299. The summed E-state index contributed by atoms with van der Waals surface area (Å²) in [7, 11) is 0. The molecule has 2 rings (SSSR count). The van der Waals surface area contributed by atoms with E-state index in [-0.39, 0.29) is 11.7 Å². The number of aliphatic carboxylic acids is 1. The zero-order valence-electron chi connectivity index (χ0n) is 12.4. The molecule has 22 heavy (non-hydrogen) atoms. The lowest BCUT2D eigenvalue weighted by molar-refractivity contribution is -0.141. The number of carboxylic acids is 1. The lowest BCUT2D eigenvalue weighted by Gasteiger charge is -2.08. The molecule has 1 N–H and O–H groups in total. The average Bonchev–Trinajstić information content (AvgIpc) is 2.50. The minimum Gasteiger partial charge on any atom is -0.481 e. The van der Waals surface area contributed by atoms with Crippen molar-refractivity contribution in [2.45, 2.75) is 26.2 Å². The number of halogens is 2. The normalized spacial score (nSPS) is 12.1. The van der Waals surface area contributed by atoms with Crippen molar-refractivity contribution in [3.05, 3.63) is 58.9 Å². The Morgan fingerprint density at radius 3 is 2.55 bits per heavy atom. The number of rotatable bonds is 6. The molecular weight excluding hydrogens is 303 g/mol. The summed E-state index contributed by atoms with van der Waals surface area (Å²) in [5.74, 6) is -1.38. The van der Waals surface area contributed by atoms with E-state index in [0.717, 1.165) is 24.0 Å². The Hall–Kier alpha value is -1.87. The lowest BCUT2D eigenvalue weighted by atomic mass is 9.99. The fourth-order valence-corrected chi connectivity index (χ4v) is 2.48. The van der Waals surface area contributed by atoms with Crippen molar-refractivity contribution in [1.82, 2.24) is 0 Å². The van der Waals surface area contributed by atoms with Crippen LogP contribution in [0, 0.1) is 11.7 Å². The standard InChI is InChI=1S/C18H18ClFO2/c1-12(18(21)22)3-2-4-13-5-7-14(8-6-13)16-11-15(19)9-10-17(16)20/h5-12H,2-4H2,1H3,(H,21,22). The molecule has 0 bridgehead atoms. The lowest BCUT2D eigenvalue weighted by Crippen LogP contribution is -2.09. The van der Waals surface area contributed by atoms with E-state index in [1.54, 1.807) is 13.0 Å². The van der Waals surface area contributed by atoms with Gasteiger partial charge in [-0.1, -0.05) is 42.8 Å². The molecule has 0 spiro atoms. The smallest absolute Gasteiger partial charge is 0.306 e. The van der Waals surface area contributed by atoms with Gasteiger partial charge >= 0.3 is 5.97 Å². The third-order valence-electron chi connectivity index (χ3n) is 3.72. The molecule has 2 aromatic rings. The van der Waals surface area contributed by atoms with Gasteiger partial charge in [0.1, 0.15) is 5.82 Å². The average molecular weight is 321 g/mol. The summed E-state index contributed by atoms with van der Waals surface area (Å²) < 4.78 is 13.8. The second-order valence-electron chi connectivity index (χ2n) is 5.45. The molecule has 0 fully saturated rings. The van der Waals surface area contributed by atoms with Crippen molar-refractivity contribution in [1.29, 1.82) is 0 Å². The van der Waals surface area contributed by atoms with E-state index >= 15 is 0 Å². The molecule has 0 amide bonds. The summed E-state index contributed by atoms with van der Waals surface area (Å²) in [6, 6.07) is 12.1. The van der Waals surface area contributed by atoms with Crippen molar-refractivity contribution in [3.63, 3.8) is 0 Å². The summed E-state index contributed by atoms with van der Waals surface area (Å²) in [5, 5.41) is 9.35. The molecule has 1 unspecified atom stereocenters. The van der Waals surface area contributed by atoms with E-state index in [2.05, 4.69) is 0 Å². The number of carboxylic acid groups (broad SMARTS) is 1. The molecule has 0 saturated carbocycles. The molecule has 0 aliphatic rings. The van der Waals surface area contributed by atoms with Gasteiger partial charge in [-0.25, -0.2) is 4.39 Å². The van der Waals surface area contributed by atoms with E-state index in [1.807, 2.05) is 24.3 Å². The van der Waals surface area contributed by atoms with E-state index in [1.165, 1.54) is 12.1 Å². The molecule has 0 saturated heterocycles. The van der Waals surface area contributed by atoms with Crippen LogP contribution in [0.25, 0.3) is 11.1 Å². The summed E-state index contributed by atoms with van der Waals surface area (Å²) in [6.45, 7) is 1.72. The first-order valence-electron chi connectivity index (χ1n) is 7.24. The maximum atomic E-state index is 13.8. The van der Waals surface area contributed by atoms with Crippen LogP contribution in [0.2, 0.25) is 5.02 Å². The summed E-state index contributed by atoms with van der Waals surface area (Å²) in [4.78, 5) is 10.8. The van der Waals surface area contributed by atoms with Gasteiger partial charge in [0.15, 0.2) is 0 Å². The van der Waals surface area contributed by atoms with Crippen molar-refractivity contribution < 1.29 is 14.3 Å². The molecule has 2 nitrogen and oxygen atoms in total. The van der Waals surface area contributed by atoms with Crippen molar-refractivity contribution in [2.75, 3.05) is 0 Å². The topological polar surface area (TPSA) is 37.3 Å². The van der Waals surface area contributed by atoms with E-state index in [0.29, 0.717) is 17.0 Å². The number of carbonyl (C=O) groups is 1. The van der Waals surface area contributed by atoms with Gasteiger partial charge in [0.05, 0.1) is 5.92 Å². The van der Waals surface area contributed by atoms with Crippen LogP contribution in [0.15, 0.2) is 42.5 Å². The quantitative estimate of drug-likeness (QED) is 0.795. The predicted molar refractivity (Wildman–Crippen MR) is 86.6 cm³/mol. The van der Waals surface area contributed by atoms with Gasteiger partial charge in [0.25, 0.3) is 0 Å². The van der Waals surface area contributed by atoms with E-state index in [9.17, 15) is 9.18 Å². The maximum absolute atomic E-state index is 13.8. The first-order valence-corrected chi connectivity index (χ1v) is 7.62. The third-order valence-corrected chi connectivity index (χ3v) is 3.95. The van der Waals surface area contributed by atoms with Crippen LogP contribution in [-0.4, -0.2) is 11.1 Å². The van der Waals surface area contributed by atoms with Crippen LogP contribution in [0.3, 0.4) is 0 Å². The largest absolute Gasteiger partial charge is 0.481 e. The van der Waals surface area contributed by atoms with Gasteiger partial charge in [-0.2, -0.15) is 0 Å². The van der Waals surface area contributed by atoms with Gasteiger partial charge < -0.3 is 5.11 Å². The SMILES string of the molecule is CC(CCCc1ccc(-c2cc(Cl)ccc2F)cc1)C(=O)O. The Labute approximate surface area is 134 Å². The van der Waals surface area contributed by atoms with Gasteiger partial charge in [-0.3, -0.25) is 4.79 Å². The van der Waals surface area contributed by atoms with Crippen LogP contribution in [0.1, 0.15) is 25.3 Å². The molecule has 0 aliphatic carbocycles. The molecule has 0 radical (unpaired) electrons. The van der Waals surface area contributed by atoms with Crippen LogP contribution in [-0.2, 0) is 11.2 Å². The zero-order chi connectivity index (χ0) is 16.1. The van der Waals surface area contributed by atoms with Gasteiger partial charge in [0.2, 0.25) is 0 Å². The van der Waals surface area contributed by atoms with Crippen LogP contribution >= 0.6 is 11.6 Å². The second kappa shape index (κ2) is 7.41. The molecule has 1 atom stereocenters. The molecule has 4 heteroatoms. The van der Waals surface area contributed by atoms with Crippen molar-refractivity contribution >= 4 is 17.6 Å². The molecule has 0 aliphatic heterocycles. The van der Waals surface area contributed by atoms with Crippen molar-refractivity contribution in [2.24, 2.45) is 5.92 Å². The zero-order valence-corrected chi connectivity index (χ0v) is 13.1. The molecule has 116 valence electrons. The highest BCUT2D eigenvalue weighted by molar-refractivity contribution is 6.30. The first-order chi connectivity index (χ1) is 10.5. The highest BCUT2D eigenvalue weighted by atomic mass is 35.5. The Bertz CT molecular complexity index is 653. The molecule has 0 aromatic heterocycles. The van der Waals surface area contributed by atoms with Gasteiger partial charge in [-0.05, 0) is 48.6 Å². The second-order valence-corrected chi connectivity index (χ2v) is 5.89. The number of hydrogen-bond acceptors (Lipinski definition) is 1. The molecule has 0 heterocycles. The number of hydrogen-bond donors (Lipinski definition) is 1. The number of benzene rings is 2. The fraction of sp³-hybridized carbons (Fsp3) is 0.278. The molecular formula is C18H18ClFO2. The minimum atomic E-state index is -0.758. The highest BCUT2D eigenvalue weighted by Gasteiger charge is 2.10. The Morgan fingerprint density at radius 1 is 1.23 bits per heavy atom. The van der Waals surface area contributed by atoms with E-state index in [4.69, 9.17) is 16.7 Å². The maximum Gasteiger partial charge on any atom is 0.306 e. The Morgan fingerprint density at radius 2 is 1.91 bits per heavy atom. The Kier molecular flexibility index (Phi) is 5.56. The van der Waals surface area contributed by atoms with Crippen molar-refractivity contribution in [3.8, 4) is 11.1 Å².